The average Bonchev–Trinajstić information content (AvgIpc) is 2.66. The van der Waals surface area contributed by atoms with Gasteiger partial charge in [0.05, 0.1) is 0 Å². The zero-order valence-corrected chi connectivity index (χ0v) is 14.4. The summed E-state index contributed by atoms with van der Waals surface area (Å²) in [5.41, 5.74) is 2.10. The Labute approximate surface area is 152 Å². The molecule has 0 bridgehead atoms. The van der Waals surface area contributed by atoms with Crippen LogP contribution in [0.15, 0.2) is 72.8 Å². The molecule has 0 aliphatic heterocycles. The van der Waals surface area contributed by atoms with Crippen molar-refractivity contribution in [3.05, 3.63) is 95.3 Å². The standard InChI is InChI=1S/C22H19FO3/c1-16(24)19-12-20(23)22(26-15-18-10-6-3-7-11-18)21(13-19)25-14-17-8-4-2-5-9-17/h2-13H,14-15H2,1H3. The summed E-state index contributed by atoms with van der Waals surface area (Å²) < 4.78 is 26.0. The van der Waals surface area contributed by atoms with Crippen LogP contribution in [0.1, 0.15) is 28.4 Å². The maximum atomic E-state index is 14.5. The van der Waals surface area contributed by atoms with Crippen LogP contribution >= 0.6 is 0 Å². The van der Waals surface area contributed by atoms with Gasteiger partial charge in [-0.05, 0) is 30.2 Å². The largest absolute Gasteiger partial charge is 0.485 e. The number of carbonyl (C=O) groups is 1. The minimum atomic E-state index is -0.614. The van der Waals surface area contributed by atoms with Crippen molar-refractivity contribution in [3.8, 4) is 11.5 Å². The molecule has 3 rings (SSSR count). The van der Waals surface area contributed by atoms with E-state index < -0.39 is 5.82 Å². The van der Waals surface area contributed by atoms with E-state index in [1.807, 2.05) is 60.7 Å². The fourth-order valence-electron chi connectivity index (χ4n) is 2.48. The number of hydrogen-bond acceptors (Lipinski definition) is 3. The van der Waals surface area contributed by atoms with E-state index in [1.54, 1.807) is 0 Å². The van der Waals surface area contributed by atoms with E-state index in [0.29, 0.717) is 0 Å². The highest BCUT2D eigenvalue weighted by Gasteiger charge is 2.16. The molecule has 0 saturated carbocycles. The molecule has 3 nitrogen and oxygen atoms in total. The van der Waals surface area contributed by atoms with Crippen LogP contribution in [0.2, 0.25) is 0 Å². The molecule has 0 amide bonds. The molecule has 0 atom stereocenters. The second-order valence-electron chi connectivity index (χ2n) is 5.89. The number of hydrogen-bond donors (Lipinski definition) is 0. The first-order chi connectivity index (χ1) is 12.6. The predicted molar refractivity (Wildman–Crippen MR) is 98.0 cm³/mol. The normalized spacial score (nSPS) is 10.4. The summed E-state index contributed by atoms with van der Waals surface area (Å²) in [5.74, 6) is -0.621. The number of carbonyl (C=O) groups excluding carboxylic acids is 1. The summed E-state index contributed by atoms with van der Waals surface area (Å²) in [5, 5.41) is 0. The number of benzene rings is 3. The Morgan fingerprint density at radius 3 is 1.92 bits per heavy atom. The smallest absolute Gasteiger partial charge is 0.197 e. The molecule has 4 heteroatoms. The van der Waals surface area contributed by atoms with Crippen LogP contribution in [0.4, 0.5) is 4.39 Å². The van der Waals surface area contributed by atoms with Crippen molar-refractivity contribution in [1.82, 2.24) is 0 Å². The van der Waals surface area contributed by atoms with Crippen LogP contribution in [-0.2, 0) is 13.2 Å². The molecule has 0 fully saturated rings. The summed E-state index contributed by atoms with van der Waals surface area (Å²) in [7, 11) is 0. The summed E-state index contributed by atoms with van der Waals surface area (Å²) >= 11 is 0. The van der Waals surface area contributed by atoms with E-state index in [2.05, 4.69) is 0 Å². The van der Waals surface area contributed by atoms with Crippen molar-refractivity contribution in [2.24, 2.45) is 0 Å². The number of ether oxygens (including phenoxy) is 2. The maximum Gasteiger partial charge on any atom is 0.197 e. The highest BCUT2D eigenvalue weighted by atomic mass is 19.1. The van der Waals surface area contributed by atoms with Crippen LogP contribution in [0, 0.1) is 5.82 Å². The van der Waals surface area contributed by atoms with Gasteiger partial charge in [-0.3, -0.25) is 4.79 Å². The van der Waals surface area contributed by atoms with Gasteiger partial charge >= 0.3 is 0 Å². The number of Topliss-reactive ketones (excluding diaryl/α,β-unsaturated/α-hetero) is 1. The van der Waals surface area contributed by atoms with Gasteiger partial charge in [-0.1, -0.05) is 60.7 Å². The molecule has 0 unspecified atom stereocenters. The lowest BCUT2D eigenvalue weighted by molar-refractivity contribution is 0.101. The quantitative estimate of drug-likeness (QED) is 0.550. The van der Waals surface area contributed by atoms with Gasteiger partial charge in [-0.2, -0.15) is 0 Å². The van der Waals surface area contributed by atoms with Crippen molar-refractivity contribution in [3.63, 3.8) is 0 Å². The molecule has 0 heterocycles. The first-order valence-corrected chi connectivity index (χ1v) is 8.31. The fraction of sp³-hybridized carbons (Fsp3) is 0.136. The summed E-state index contributed by atoms with van der Waals surface area (Å²) in [4.78, 5) is 11.7. The summed E-state index contributed by atoms with van der Waals surface area (Å²) in [6, 6.07) is 21.7. The lowest BCUT2D eigenvalue weighted by Crippen LogP contribution is -2.04. The molecule has 3 aromatic carbocycles. The predicted octanol–water partition coefficient (Wildman–Crippen LogP) is 5.19. The lowest BCUT2D eigenvalue weighted by Gasteiger charge is -2.15. The van der Waals surface area contributed by atoms with Gasteiger partial charge in [0.2, 0.25) is 0 Å². The maximum absolute atomic E-state index is 14.5. The zero-order valence-electron chi connectivity index (χ0n) is 14.4. The van der Waals surface area contributed by atoms with Crippen molar-refractivity contribution >= 4 is 5.78 Å². The van der Waals surface area contributed by atoms with Gasteiger partial charge in [0.1, 0.15) is 13.2 Å². The van der Waals surface area contributed by atoms with Gasteiger partial charge in [0.25, 0.3) is 0 Å². The van der Waals surface area contributed by atoms with Crippen LogP contribution in [-0.4, -0.2) is 5.78 Å². The molecule has 3 aromatic rings. The van der Waals surface area contributed by atoms with Crippen molar-refractivity contribution in [1.29, 1.82) is 0 Å². The van der Waals surface area contributed by atoms with Gasteiger partial charge in [-0.25, -0.2) is 4.39 Å². The molecule has 0 spiro atoms. The molecule has 0 aliphatic rings. The average molecular weight is 350 g/mol. The molecule has 26 heavy (non-hydrogen) atoms. The highest BCUT2D eigenvalue weighted by molar-refractivity contribution is 5.94. The van der Waals surface area contributed by atoms with E-state index in [4.69, 9.17) is 9.47 Å². The Balaban J connectivity index is 1.84. The summed E-state index contributed by atoms with van der Waals surface area (Å²) in [6.07, 6.45) is 0. The van der Waals surface area contributed by atoms with Gasteiger partial charge in [-0.15, -0.1) is 0 Å². The third-order valence-electron chi connectivity index (χ3n) is 3.88. The Hall–Kier alpha value is -3.14. The molecule has 0 radical (unpaired) electrons. The third kappa shape index (κ3) is 4.48. The van der Waals surface area contributed by atoms with E-state index in [-0.39, 0.29) is 36.1 Å². The van der Waals surface area contributed by atoms with E-state index >= 15 is 0 Å². The molecule has 0 aliphatic carbocycles. The number of halogens is 1. The molecule has 0 aromatic heterocycles. The minimum Gasteiger partial charge on any atom is -0.485 e. The van der Waals surface area contributed by atoms with E-state index in [9.17, 15) is 9.18 Å². The van der Waals surface area contributed by atoms with Crippen LogP contribution in [0.5, 0.6) is 11.5 Å². The van der Waals surface area contributed by atoms with Crippen LogP contribution in [0.3, 0.4) is 0 Å². The van der Waals surface area contributed by atoms with Gasteiger partial charge in [0.15, 0.2) is 23.1 Å². The number of ketones is 1. The zero-order chi connectivity index (χ0) is 18.4. The molecule has 0 N–H and O–H groups in total. The van der Waals surface area contributed by atoms with E-state index in [1.165, 1.54) is 19.1 Å². The second-order valence-corrected chi connectivity index (χ2v) is 5.89. The minimum absolute atomic E-state index is 0.00906. The van der Waals surface area contributed by atoms with Crippen molar-refractivity contribution in [2.75, 3.05) is 0 Å². The fourth-order valence-corrected chi connectivity index (χ4v) is 2.48. The first-order valence-electron chi connectivity index (χ1n) is 8.31. The third-order valence-corrected chi connectivity index (χ3v) is 3.88. The lowest BCUT2D eigenvalue weighted by atomic mass is 10.1. The van der Waals surface area contributed by atoms with Crippen LogP contribution in [0.25, 0.3) is 0 Å². The SMILES string of the molecule is CC(=O)c1cc(F)c(OCc2ccccc2)c(OCc2ccccc2)c1. The van der Waals surface area contributed by atoms with E-state index in [0.717, 1.165) is 11.1 Å². The monoisotopic (exact) mass is 350 g/mol. The van der Waals surface area contributed by atoms with Crippen molar-refractivity contribution < 1.29 is 18.7 Å². The Kier molecular flexibility index (Phi) is 5.64. The first kappa shape index (κ1) is 17.7. The molecular weight excluding hydrogens is 331 g/mol. The molecule has 0 saturated heterocycles. The Morgan fingerprint density at radius 1 is 0.846 bits per heavy atom. The molecule has 132 valence electrons. The topological polar surface area (TPSA) is 35.5 Å². The Bertz CT molecular complexity index is 877. The Morgan fingerprint density at radius 2 is 1.38 bits per heavy atom. The second kappa shape index (κ2) is 8.30. The highest BCUT2D eigenvalue weighted by Crippen LogP contribution is 2.33. The van der Waals surface area contributed by atoms with Crippen LogP contribution < -0.4 is 9.47 Å². The molecular formula is C22H19FO3. The summed E-state index contributed by atoms with van der Waals surface area (Å²) in [6.45, 7) is 1.85. The van der Waals surface area contributed by atoms with Gasteiger partial charge < -0.3 is 9.47 Å². The number of rotatable bonds is 7. The van der Waals surface area contributed by atoms with Gasteiger partial charge in [0, 0.05) is 5.56 Å². The van der Waals surface area contributed by atoms with Crippen molar-refractivity contribution in [2.45, 2.75) is 20.1 Å².